The molecule has 0 saturated carbocycles. The van der Waals surface area contributed by atoms with E-state index >= 15 is 0 Å². The molecule has 0 atom stereocenters. The van der Waals surface area contributed by atoms with Gasteiger partial charge in [-0.25, -0.2) is 4.98 Å². The second-order valence-electron chi connectivity index (χ2n) is 5.39. The van der Waals surface area contributed by atoms with Crippen LogP contribution in [0.3, 0.4) is 0 Å². The first-order valence-corrected chi connectivity index (χ1v) is 7.57. The van der Waals surface area contributed by atoms with Gasteiger partial charge in [-0.05, 0) is 17.7 Å². The number of benzene rings is 2. The highest BCUT2D eigenvalue weighted by molar-refractivity contribution is 5.59. The molecule has 2 aromatic carbocycles. The minimum absolute atomic E-state index is 0.197. The van der Waals surface area contributed by atoms with Crippen molar-refractivity contribution in [3.8, 4) is 22.8 Å². The van der Waals surface area contributed by atoms with E-state index in [1.54, 1.807) is 0 Å². The summed E-state index contributed by atoms with van der Waals surface area (Å²) in [6.07, 6.45) is 0. The molecule has 2 heterocycles. The van der Waals surface area contributed by atoms with Crippen molar-refractivity contribution < 1.29 is 9.47 Å². The predicted molar refractivity (Wildman–Crippen MR) is 90.2 cm³/mol. The number of nitrogens with zero attached hydrogens (tertiary/aromatic N) is 1. The smallest absolute Gasteiger partial charge is 0.252 e. The zero-order valence-corrected chi connectivity index (χ0v) is 12.8. The molecule has 1 aromatic heterocycles. The maximum absolute atomic E-state index is 11.9. The number of hydrogen-bond acceptors (Lipinski definition) is 5. The van der Waals surface area contributed by atoms with Gasteiger partial charge in [0.25, 0.3) is 5.56 Å². The van der Waals surface area contributed by atoms with Gasteiger partial charge in [-0.15, -0.1) is 0 Å². The topological polar surface area (TPSA) is 76.2 Å². The summed E-state index contributed by atoms with van der Waals surface area (Å²) in [7, 11) is 0. The normalized spacial score (nSPS) is 12.2. The number of rotatable bonds is 4. The molecule has 6 nitrogen and oxygen atoms in total. The van der Waals surface area contributed by atoms with Gasteiger partial charge in [-0.1, -0.05) is 36.4 Å². The molecule has 0 amide bonds. The molecule has 6 heteroatoms. The van der Waals surface area contributed by atoms with Crippen molar-refractivity contribution in [2.75, 3.05) is 12.1 Å². The lowest BCUT2D eigenvalue weighted by Gasteiger charge is -2.08. The Kier molecular flexibility index (Phi) is 3.63. The molecule has 0 bridgehead atoms. The molecule has 0 aliphatic carbocycles. The molecule has 1 aliphatic heterocycles. The molecule has 4 rings (SSSR count). The van der Waals surface area contributed by atoms with Gasteiger partial charge in [0.1, 0.15) is 0 Å². The third-order valence-electron chi connectivity index (χ3n) is 3.71. The zero-order chi connectivity index (χ0) is 16.4. The van der Waals surface area contributed by atoms with Crippen LogP contribution in [0.1, 0.15) is 5.56 Å². The number of aromatic nitrogens is 2. The monoisotopic (exact) mass is 321 g/mol. The Balaban J connectivity index is 1.54. The third-order valence-corrected chi connectivity index (χ3v) is 3.71. The highest BCUT2D eigenvalue weighted by Crippen LogP contribution is 2.32. The summed E-state index contributed by atoms with van der Waals surface area (Å²) in [5, 5.41) is 3.14. The minimum atomic E-state index is -0.197. The fourth-order valence-electron chi connectivity index (χ4n) is 2.53. The van der Waals surface area contributed by atoms with Crippen LogP contribution in [0.15, 0.2) is 59.4 Å². The van der Waals surface area contributed by atoms with Crippen molar-refractivity contribution in [2.45, 2.75) is 6.54 Å². The Bertz CT molecular complexity index is 922. The first kappa shape index (κ1) is 14.3. The average Bonchev–Trinajstić information content (AvgIpc) is 3.08. The number of aromatic amines is 1. The van der Waals surface area contributed by atoms with Crippen LogP contribution < -0.4 is 20.3 Å². The van der Waals surface area contributed by atoms with Crippen LogP contribution >= 0.6 is 0 Å². The molecular weight excluding hydrogens is 306 g/mol. The van der Waals surface area contributed by atoms with Crippen molar-refractivity contribution in [2.24, 2.45) is 0 Å². The van der Waals surface area contributed by atoms with E-state index in [1.165, 1.54) is 6.07 Å². The van der Waals surface area contributed by atoms with Crippen molar-refractivity contribution in [3.05, 3.63) is 70.5 Å². The Hall–Kier alpha value is -3.28. The molecular formula is C18H15N3O3. The Morgan fingerprint density at radius 2 is 1.88 bits per heavy atom. The molecule has 0 unspecified atom stereocenters. The average molecular weight is 321 g/mol. The molecule has 0 radical (unpaired) electrons. The minimum Gasteiger partial charge on any atom is -0.454 e. The Morgan fingerprint density at radius 1 is 1.04 bits per heavy atom. The fourth-order valence-corrected chi connectivity index (χ4v) is 2.53. The summed E-state index contributed by atoms with van der Waals surface area (Å²) >= 11 is 0. The lowest BCUT2D eigenvalue weighted by Crippen LogP contribution is -2.12. The van der Waals surface area contributed by atoms with Gasteiger partial charge in [0.05, 0.1) is 5.69 Å². The van der Waals surface area contributed by atoms with Gasteiger partial charge in [0.15, 0.2) is 11.5 Å². The largest absolute Gasteiger partial charge is 0.454 e. The number of fused-ring (bicyclic) bond motifs is 1. The quantitative estimate of drug-likeness (QED) is 0.773. The van der Waals surface area contributed by atoms with Crippen LogP contribution in [-0.4, -0.2) is 16.8 Å². The lowest BCUT2D eigenvalue weighted by molar-refractivity contribution is 0.174. The molecule has 120 valence electrons. The molecule has 3 aromatic rings. The summed E-state index contributed by atoms with van der Waals surface area (Å²) in [4.78, 5) is 19.1. The summed E-state index contributed by atoms with van der Waals surface area (Å²) in [5.41, 5.74) is 2.34. The standard InChI is InChI=1S/C18H15N3O3/c22-17-9-14(13-4-2-1-3-5-13)20-18(21-17)19-10-12-6-7-15-16(8-12)24-11-23-15/h1-9H,10-11H2,(H2,19,20,21,22). The second kappa shape index (κ2) is 6.08. The van der Waals surface area contributed by atoms with Crippen LogP contribution in [0, 0.1) is 0 Å². The molecule has 2 N–H and O–H groups in total. The zero-order valence-electron chi connectivity index (χ0n) is 12.8. The van der Waals surface area contributed by atoms with E-state index in [2.05, 4.69) is 15.3 Å². The van der Waals surface area contributed by atoms with Crippen LogP contribution in [0.5, 0.6) is 11.5 Å². The maximum atomic E-state index is 11.9. The van der Waals surface area contributed by atoms with Crippen molar-refractivity contribution >= 4 is 5.95 Å². The third kappa shape index (κ3) is 2.94. The number of hydrogen-bond donors (Lipinski definition) is 2. The molecule has 0 fully saturated rings. The second-order valence-corrected chi connectivity index (χ2v) is 5.39. The van der Waals surface area contributed by atoms with Crippen molar-refractivity contribution in [1.29, 1.82) is 0 Å². The first-order chi connectivity index (χ1) is 11.8. The van der Waals surface area contributed by atoms with Gasteiger partial charge >= 0.3 is 0 Å². The van der Waals surface area contributed by atoms with E-state index in [9.17, 15) is 4.79 Å². The lowest BCUT2D eigenvalue weighted by atomic mass is 10.1. The van der Waals surface area contributed by atoms with Crippen LogP contribution in [-0.2, 0) is 6.54 Å². The van der Waals surface area contributed by atoms with E-state index in [0.717, 1.165) is 22.6 Å². The molecule has 24 heavy (non-hydrogen) atoms. The van der Waals surface area contributed by atoms with Crippen molar-refractivity contribution in [3.63, 3.8) is 0 Å². The van der Waals surface area contributed by atoms with Crippen molar-refractivity contribution in [1.82, 2.24) is 9.97 Å². The predicted octanol–water partition coefficient (Wildman–Crippen LogP) is 2.78. The summed E-state index contributed by atoms with van der Waals surface area (Å²) in [6.45, 7) is 0.762. The van der Waals surface area contributed by atoms with Gasteiger partial charge in [0.2, 0.25) is 12.7 Å². The number of nitrogens with one attached hydrogen (secondary N) is 2. The summed E-state index contributed by atoms with van der Waals surface area (Å²) in [6, 6.07) is 16.8. The number of anilines is 1. The molecule has 0 saturated heterocycles. The van der Waals surface area contributed by atoms with E-state index in [1.807, 2.05) is 48.5 Å². The van der Waals surface area contributed by atoms with Gasteiger partial charge in [-0.3, -0.25) is 9.78 Å². The van der Waals surface area contributed by atoms with Crippen LogP contribution in [0.2, 0.25) is 0 Å². The van der Waals surface area contributed by atoms with Gasteiger partial charge in [0, 0.05) is 18.2 Å². The molecule has 1 aliphatic rings. The Labute approximate surface area is 138 Å². The fraction of sp³-hybridized carbons (Fsp3) is 0.111. The highest BCUT2D eigenvalue weighted by atomic mass is 16.7. The van der Waals surface area contributed by atoms with E-state index in [0.29, 0.717) is 18.2 Å². The summed E-state index contributed by atoms with van der Waals surface area (Å²) < 4.78 is 10.7. The first-order valence-electron chi connectivity index (χ1n) is 7.57. The van der Waals surface area contributed by atoms with Crippen LogP contribution in [0.4, 0.5) is 5.95 Å². The number of ether oxygens (including phenoxy) is 2. The molecule has 0 spiro atoms. The van der Waals surface area contributed by atoms with E-state index in [4.69, 9.17) is 9.47 Å². The van der Waals surface area contributed by atoms with E-state index in [-0.39, 0.29) is 12.4 Å². The van der Waals surface area contributed by atoms with Gasteiger partial charge < -0.3 is 14.8 Å². The van der Waals surface area contributed by atoms with E-state index < -0.39 is 0 Å². The number of H-pyrrole nitrogens is 1. The SMILES string of the molecule is O=c1cc(-c2ccccc2)nc(NCc2ccc3c(c2)OCO3)[nH]1. The van der Waals surface area contributed by atoms with Crippen LogP contribution in [0.25, 0.3) is 11.3 Å². The summed E-state index contributed by atoms with van der Waals surface area (Å²) in [5.74, 6) is 1.91. The highest BCUT2D eigenvalue weighted by Gasteiger charge is 2.13. The maximum Gasteiger partial charge on any atom is 0.252 e. The van der Waals surface area contributed by atoms with Gasteiger partial charge in [-0.2, -0.15) is 0 Å². The Morgan fingerprint density at radius 3 is 2.75 bits per heavy atom.